The van der Waals surface area contributed by atoms with Crippen LogP contribution in [-0.2, 0) is 11.3 Å². The summed E-state index contributed by atoms with van der Waals surface area (Å²) in [6.45, 7) is 5.78. The zero-order valence-electron chi connectivity index (χ0n) is 20.4. The maximum absolute atomic E-state index is 5.63. The summed E-state index contributed by atoms with van der Waals surface area (Å²) in [5.74, 6) is 3.07. The van der Waals surface area contributed by atoms with Crippen molar-refractivity contribution in [2.75, 3.05) is 65.6 Å². The van der Waals surface area contributed by atoms with Crippen LogP contribution in [0.3, 0.4) is 0 Å². The minimum atomic E-state index is 0.656. The number of H-pyrrole nitrogens is 1. The maximum atomic E-state index is 5.63. The lowest BCUT2D eigenvalue weighted by atomic mass is 10.1. The molecular weight excluding hydrogens is 446 g/mol. The third kappa shape index (κ3) is 4.69. The molecule has 0 bridgehead atoms. The molecule has 4 aromatic rings. The zero-order chi connectivity index (χ0) is 24.2. The van der Waals surface area contributed by atoms with Crippen molar-refractivity contribution in [1.29, 1.82) is 0 Å². The Bertz CT molecular complexity index is 1300. The van der Waals surface area contributed by atoms with Crippen LogP contribution in [0.1, 0.15) is 5.56 Å². The van der Waals surface area contributed by atoms with Crippen molar-refractivity contribution in [3.63, 3.8) is 0 Å². The maximum Gasteiger partial charge on any atom is 0.161 e. The van der Waals surface area contributed by atoms with Crippen LogP contribution < -0.4 is 19.1 Å². The highest BCUT2D eigenvalue weighted by molar-refractivity contribution is 6.11. The molecule has 9 heteroatoms. The van der Waals surface area contributed by atoms with Crippen LogP contribution in [0.5, 0.6) is 17.2 Å². The van der Waals surface area contributed by atoms with Crippen molar-refractivity contribution in [2.45, 2.75) is 6.54 Å². The van der Waals surface area contributed by atoms with E-state index >= 15 is 0 Å². The SMILES string of the molecule is COc1ccc(CN(CCN2CCOCC2)c2ncnc3c2[nH]c2cccc(OC)c23)cc1OC. The second-order valence-electron chi connectivity index (χ2n) is 8.49. The average Bonchev–Trinajstić information content (AvgIpc) is 3.30. The zero-order valence-corrected chi connectivity index (χ0v) is 20.4. The van der Waals surface area contributed by atoms with Crippen LogP contribution >= 0.6 is 0 Å². The topological polar surface area (TPSA) is 85.0 Å². The van der Waals surface area contributed by atoms with Crippen molar-refractivity contribution in [1.82, 2.24) is 19.9 Å². The number of fused-ring (bicyclic) bond motifs is 3. The van der Waals surface area contributed by atoms with E-state index in [1.807, 2.05) is 30.3 Å². The lowest BCUT2D eigenvalue weighted by Gasteiger charge is -2.31. The fourth-order valence-electron chi connectivity index (χ4n) is 4.65. The molecule has 1 aliphatic rings. The molecule has 0 amide bonds. The second-order valence-corrected chi connectivity index (χ2v) is 8.49. The number of nitrogens with zero attached hydrogens (tertiary/aromatic N) is 4. The van der Waals surface area contributed by atoms with Crippen LogP contribution in [0.25, 0.3) is 21.9 Å². The summed E-state index contributed by atoms with van der Waals surface area (Å²) in [6.07, 6.45) is 1.63. The number of hydrogen-bond acceptors (Lipinski definition) is 8. The monoisotopic (exact) mass is 477 g/mol. The van der Waals surface area contributed by atoms with Gasteiger partial charge in [-0.15, -0.1) is 0 Å². The van der Waals surface area contributed by atoms with Crippen molar-refractivity contribution in [2.24, 2.45) is 0 Å². The Labute approximate surface area is 204 Å². The van der Waals surface area contributed by atoms with E-state index in [1.165, 1.54) is 0 Å². The molecule has 0 saturated carbocycles. The Morgan fingerprint density at radius 2 is 1.77 bits per heavy atom. The van der Waals surface area contributed by atoms with Gasteiger partial charge in [-0.3, -0.25) is 4.90 Å². The molecule has 1 N–H and O–H groups in total. The highest BCUT2D eigenvalue weighted by Gasteiger charge is 2.20. The molecule has 0 spiro atoms. The first kappa shape index (κ1) is 23.2. The number of anilines is 1. The third-order valence-electron chi connectivity index (χ3n) is 6.48. The molecule has 0 aliphatic carbocycles. The second kappa shape index (κ2) is 10.4. The van der Waals surface area contributed by atoms with Crippen molar-refractivity contribution in [3.8, 4) is 17.2 Å². The first-order chi connectivity index (χ1) is 17.2. The van der Waals surface area contributed by atoms with E-state index < -0.39 is 0 Å². The molecule has 2 aromatic carbocycles. The van der Waals surface area contributed by atoms with E-state index in [9.17, 15) is 0 Å². The summed E-state index contributed by atoms with van der Waals surface area (Å²) in [6, 6.07) is 12.0. The Balaban J connectivity index is 1.54. The van der Waals surface area contributed by atoms with Gasteiger partial charge in [-0.25, -0.2) is 9.97 Å². The van der Waals surface area contributed by atoms with Gasteiger partial charge in [0.15, 0.2) is 17.3 Å². The highest BCUT2D eigenvalue weighted by Crippen LogP contribution is 2.35. The molecular formula is C26H31N5O4. The number of methoxy groups -OCH3 is 3. The van der Waals surface area contributed by atoms with E-state index in [2.05, 4.69) is 25.8 Å². The molecule has 9 nitrogen and oxygen atoms in total. The molecule has 0 unspecified atom stereocenters. The number of hydrogen-bond donors (Lipinski definition) is 1. The van der Waals surface area contributed by atoms with Crippen molar-refractivity contribution in [3.05, 3.63) is 48.3 Å². The summed E-state index contributed by atoms with van der Waals surface area (Å²) in [5.41, 5.74) is 3.83. The molecule has 1 fully saturated rings. The number of benzene rings is 2. The summed E-state index contributed by atoms with van der Waals surface area (Å²) in [7, 11) is 4.99. The Kier molecular flexibility index (Phi) is 6.87. The lowest BCUT2D eigenvalue weighted by Crippen LogP contribution is -2.41. The van der Waals surface area contributed by atoms with Gasteiger partial charge >= 0.3 is 0 Å². The molecule has 1 aliphatic heterocycles. The third-order valence-corrected chi connectivity index (χ3v) is 6.48. The van der Waals surface area contributed by atoms with Gasteiger partial charge < -0.3 is 28.8 Å². The molecule has 35 heavy (non-hydrogen) atoms. The van der Waals surface area contributed by atoms with Crippen LogP contribution in [0, 0.1) is 0 Å². The van der Waals surface area contributed by atoms with E-state index in [-0.39, 0.29) is 0 Å². The fourth-order valence-corrected chi connectivity index (χ4v) is 4.65. The van der Waals surface area contributed by atoms with Crippen molar-refractivity contribution < 1.29 is 18.9 Å². The Morgan fingerprint density at radius 1 is 0.971 bits per heavy atom. The van der Waals surface area contributed by atoms with Gasteiger partial charge in [0.25, 0.3) is 0 Å². The number of ether oxygens (including phenoxy) is 4. The quantitative estimate of drug-likeness (QED) is 0.392. The number of nitrogens with one attached hydrogen (secondary N) is 1. The van der Waals surface area contributed by atoms with E-state index in [1.54, 1.807) is 27.7 Å². The van der Waals surface area contributed by atoms with Gasteiger partial charge in [0.1, 0.15) is 23.1 Å². The number of aromatic amines is 1. The van der Waals surface area contributed by atoms with Gasteiger partial charge in [0.05, 0.1) is 45.4 Å². The smallest absolute Gasteiger partial charge is 0.161 e. The average molecular weight is 478 g/mol. The molecule has 184 valence electrons. The van der Waals surface area contributed by atoms with Crippen molar-refractivity contribution >= 4 is 27.8 Å². The Morgan fingerprint density at radius 3 is 2.54 bits per heavy atom. The fraction of sp³-hybridized carbons (Fsp3) is 0.385. The predicted molar refractivity (Wildman–Crippen MR) is 136 cm³/mol. The summed E-state index contributed by atoms with van der Waals surface area (Å²) < 4.78 is 22.1. The molecule has 3 heterocycles. The minimum absolute atomic E-state index is 0.656. The minimum Gasteiger partial charge on any atom is -0.496 e. The number of aromatic nitrogens is 3. The Hall–Kier alpha value is -3.56. The van der Waals surface area contributed by atoms with E-state index in [0.29, 0.717) is 18.0 Å². The number of rotatable bonds is 9. The van der Waals surface area contributed by atoms with Gasteiger partial charge in [0.2, 0.25) is 0 Å². The van der Waals surface area contributed by atoms with Crippen LogP contribution in [0.2, 0.25) is 0 Å². The van der Waals surface area contributed by atoms with Gasteiger partial charge in [-0.1, -0.05) is 12.1 Å². The van der Waals surface area contributed by atoms with Crippen LogP contribution in [0.15, 0.2) is 42.7 Å². The molecule has 1 saturated heterocycles. The van der Waals surface area contributed by atoms with Gasteiger partial charge in [0, 0.05) is 32.7 Å². The van der Waals surface area contributed by atoms with E-state index in [4.69, 9.17) is 23.9 Å². The standard InChI is InChI=1S/C26H31N5O4/c1-32-20-8-7-18(15-22(20)34-3)16-31(10-9-30-11-13-35-14-12-30)26-25-24(27-17-28-26)23-19(29-25)5-4-6-21(23)33-2/h4-8,15,17,29H,9-14,16H2,1-3H3. The van der Waals surface area contributed by atoms with E-state index in [0.717, 1.165) is 78.5 Å². The normalized spacial score (nSPS) is 14.4. The largest absolute Gasteiger partial charge is 0.496 e. The summed E-state index contributed by atoms with van der Waals surface area (Å²) in [4.78, 5) is 17.6. The van der Waals surface area contributed by atoms with Crippen LogP contribution in [-0.4, -0.2) is 80.6 Å². The molecule has 5 rings (SSSR count). The predicted octanol–water partition coefficient (Wildman–Crippen LogP) is 3.48. The molecule has 0 atom stereocenters. The lowest BCUT2D eigenvalue weighted by molar-refractivity contribution is 0.0391. The summed E-state index contributed by atoms with van der Waals surface area (Å²) >= 11 is 0. The first-order valence-corrected chi connectivity index (χ1v) is 11.8. The number of morpholine rings is 1. The molecule has 0 radical (unpaired) electrons. The molecule has 2 aromatic heterocycles. The highest BCUT2D eigenvalue weighted by atomic mass is 16.5. The van der Waals surface area contributed by atoms with Crippen LogP contribution in [0.4, 0.5) is 5.82 Å². The van der Waals surface area contributed by atoms with Gasteiger partial charge in [-0.05, 0) is 29.8 Å². The van der Waals surface area contributed by atoms with Gasteiger partial charge in [-0.2, -0.15) is 0 Å². The first-order valence-electron chi connectivity index (χ1n) is 11.8. The summed E-state index contributed by atoms with van der Waals surface area (Å²) in [5, 5.41) is 0.966.